The van der Waals surface area contributed by atoms with Crippen molar-refractivity contribution in [2.45, 2.75) is 0 Å². The van der Waals surface area contributed by atoms with Gasteiger partial charge in [0, 0.05) is 23.4 Å². The zero-order valence-electron chi connectivity index (χ0n) is 10.5. The molecule has 0 radical (unpaired) electrons. The van der Waals surface area contributed by atoms with E-state index < -0.39 is 0 Å². The number of hydrogen-bond donors (Lipinski definition) is 0. The standard InChI is InChI=1S/C10H10N2.C6H5Br/c1-2-7-12(8-3-1)10-5-4-6-11-9-10;7-6-4-2-1-3-5-6/h1-7,9H,8H2;1-5H. The van der Waals surface area contributed by atoms with E-state index in [0.29, 0.717) is 0 Å². The largest absolute Gasteiger partial charge is 0.343 e. The van der Waals surface area contributed by atoms with E-state index in [9.17, 15) is 0 Å². The summed E-state index contributed by atoms with van der Waals surface area (Å²) in [5.74, 6) is 0. The lowest BCUT2D eigenvalue weighted by Crippen LogP contribution is -2.17. The third-order valence-electron chi connectivity index (χ3n) is 2.53. The smallest absolute Gasteiger partial charge is 0.0595 e. The molecule has 1 aromatic carbocycles. The van der Waals surface area contributed by atoms with Gasteiger partial charge in [-0.2, -0.15) is 0 Å². The molecule has 1 aliphatic rings. The van der Waals surface area contributed by atoms with Gasteiger partial charge in [0.05, 0.1) is 11.9 Å². The highest BCUT2D eigenvalue weighted by atomic mass is 79.9. The third-order valence-corrected chi connectivity index (χ3v) is 3.05. The van der Waals surface area contributed by atoms with E-state index in [0.717, 1.165) is 16.7 Å². The van der Waals surface area contributed by atoms with E-state index in [1.54, 1.807) is 6.20 Å². The molecule has 0 spiro atoms. The highest BCUT2D eigenvalue weighted by Gasteiger charge is 2.01. The number of rotatable bonds is 1. The molecule has 0 fully saturated rings. The number of anilines is 1. The van der Waals surface area contributed by atoms with Crippen LogP contribution in [-0.2, 0) is 0 Å². The maximum Gasteiger partial charge on any atom is 0.0595 e. The molecule has 1 aliphatic heterocycles. The van der Waals surface area contributed by atoms with Crippen LogP contribution in [0.25, 0.3) is 0 Å². The van der Waals surface area contributed by atoms with Crippen molar-refractivity contribution in [3.05, 3.63) is 83.8 Å². The van der Waals surface area contributed by atoms with Gasteiger partial charge in [0.2, 0.25) is 0 Å². The summed E-state index contributed by atoms with van der Waals surface area (Å²) in [7, 11) is 0. The molecule has 19 heavy (non-hydrogen) atoms. The molecule has 96 valence electrons. The summed E-state index contributed by atoms with van der Waals surface area (Å²) >= 11 is 3.31. The zero-order valence-corrected chi connectivity index (χ0v) is 12.1. The minimum atomic E-state index is 0.933. The Morgan fingerprint density at radius 1 is 1.00 bits per heavy atom. The topological polar surface area (TPSA) is 16.1 Å². The second-order valence-electron chi connectivity index (χ2n) is 3.93. The first-order valence-electron chi connectivity index (χ1n) is 6.07. The molecule has 2 heterocycles. The summed E-state index contributed by atoms with van der Waals surface area (Å²) in [6, 6.07) is 14.0. The third kappa shape index (κ3) is 4.72. The van der Waals surface area contributed by atoms with Crippen LogP contribution < -0.4 is 4.90 Å². The van der Waals surface area contributed by atoms with Crippen molar-refractivity contribution in [1.29, 1.82) is 0 Å². The lowest BCUT2D eigenvalue weighted by molar-refractivity contribution is 1.06. The van der Waals surface area contributed by atoms with Crippen molar-refractivity contribution >= 4 is 21.6 Å². The van der Waals surface area contributed by atoms with Gasteiger partial charge in [-0.1, -0.05) is 46.3 Å². The zero-order chi connectivity index (χ0) is 13.3. The van der Waals surface area contributed by atoms with E-state index in [2.05, 4.69) is 44.2 Å². The highest BCUT2D eigenvalue weighted by Crippen LogP contribution is 2.13. The van der Waals surface area contributed by atoms with Crippen molar-refractivity contribution in [3.8, 4) is 0 Å². The van der Waals surface area contributed by atoms with Gasteiger partial charge in [-0.25, -0.2) is 0 Å². The maximum atomic E-state index is 4.06. The molecule has 0 amide bonds. The summed E-state index contributed by atoms with van der Waals surface area (Å²) in [5, 5.41) is 0. The highest BCUT2D eigenvalue weighted by molar-refractivity contribution is 9.10. The molecule has 0 N–H and O–H groups in total. The van der Waals surface area contributed by atoms with Gasteiger partial charge in [0.15, 0.2) is 0 Å². The fraction of sp³-hybridized carbons (Fsp3) is 0.0625. The van der Waals surface area contributed by atoms with Crippen LogP contribution in [0.4, 0.5) is 5.69 Å². The van der Waals surface area contributed by atoms with Crippen LogP contribution in [-0.4, -0.2) is 11.5 Å². The van der Waals surface area contributed by atoms with Gasteiger partial charge in [-0.05, 0) is 30.3 Å². The van der Waals surface area contributed by atoms with E-state index in [-0.39, 0.29) is 0 Å². The number of benzene rings is 1. The van der Waals surface area contributed by atoms with E-state index >= 15 is 0 Å². The van der Waals surface area contributed by atoms with Gasteiger partial charge in [-0.3, -0.25) is 4.98 Å². The average molecular weight is 315 g/mol. The molecule has 2 aromatic rings. The lowest BCUT2D eigenvalue weighted by Gasteiger charge is -2.19. The molecule has 0 saturated carbocycles. The molecule has 0 atom stereocenters. The Hall–Kier alpha value is -1.87. The Balaban J connectivity index is 0.000000163. The van der Waals surface area contributed by atoms with Crippen LogP contribution in [0.3, 0.4) is 0 Å². The second-order valence-corrected chi connectivity index (χ2v) is 4.84. The number of pyridine rings is 1. The lowest BCUT2D eigenvalue weighted by atomic mass is 10.3. The predicted octanol–water partition coefficient (Wildman–Crippen LogP) is 4.42. The minimum Gasteiger partial charge on any atom is -0.343 e. The molecule has 0 saturated heterocycles. The molecular weight excluding hydrogens is 300 g/mol. The van der Waals surface area contributed by atoms with Gasteiger partial charge >= 0.3 is 0 Å². The number of allylic oxidation sites excluding steroid dienone is 2. The first-order valence-corrected chi connectivity index (χ1v) is 6.86. The summed E-state index contributed by atoms with van der Waals surface area (Å²) < 4.78 is 1.13. The van der Waals surface area contributed by atoms with Crippen molar-refractivity contribution in [2.75, 3.05) is 11.4 Å². The Morgan fingerprint density at radius 2 is 1.84 bits per heavy atom. The van der Waals surface area contributed by atoms with Crippen molar-refractivity contribution < 1.29 is 0 Å². The van der Waals surface area contributed by atoms with Gasteiger partial charge in [0.25, 0.3) is 0 Å². The normalized spacial score (nSPS) is 12.8. The molecule has 3 heteroatoms. The fourth-order valence-corrected chi connectivity index (χ4v) is 1.90. The van der Waals surface area contributed by atoms with Gasteiger partial charge in [-0.15, -0.1) is 0 Å². The molecular formula is C16H15BrN2. The number of aromatic nitrogens is 1. The first kappa shape index (κ1) is 13.6. The molecule has 3 rings (SSSR count). The number of halogens is 1. The minimum absolute atomic E-state index is 0.933. The van der Waals surface area contributed by atoms with Crippen LogP contribution in [0.5, 0.6) is 0 Å². The Bertz CT molecular complexity index is 535. The average Bonchev–Trinajstić information content (AvgIpc) is 2.51. The summed E-state index contributed by atoms with van der Waals surface area (Å²) in [5.41, 5.74) is 1.14. The quantitative estimate of drug-likeness (QED) is 0.774. The first-order chi connectivity index (χ1) is 9.36. The number of hydrogen-bond acceptors (Lipinski definition) is 2. The monoisotopic (exact) mass is 314 g/mol. The molecule has 1 aromatic heterocycles. The Labute approximate surface area is 122 Å². The van der Waals surface area contributed by atoms with Crippen LogP contribution in [0.15, 0.2) is 83.8 Å². The van der Waals surface area contributed by atoms with E-state index in [1.807, 2.05) is 54.7 Å². The van der Waals surface area contributed by atoms with Crippen LogP contribution >= 0.6 is 15.9 Å². The van der Waals surface area contributed by atoms with Crippen molar-refractivity contribution in [3.63, 3.8) is 0 Å². The Morgan fingerprint density at radius 3 is 2.37 bits per heavy atom. The van der Waals surface area contributed by atoms with Gasteiger partial charge in [0.1, 0.15) is 0 Å². The van der Waals surface area contributed by atoms with Crippen LogP contribution in [0.1, 0.15) is 0 Å². The number of nitrogens with zero attached hydrogens (tertiary/aromatic N) is 2. The molecule has 0 bridgehead atoms. The molecule has 2 nitrogen and oxygen atoms in total. The Kier molecular flexibility index (Phi) is 5.38. The van der Waals surface area contributed by atoms with Crippen molar-refractivity contribution in [2.24, 2.45) is 0 Å². The second kappa shape index (κ2) is 7.54. The van der Waals surface area contributed by atoms with E-state index in [4.69, 9.17) is 0 Å². The molecule has 0 aliphatic carbocycles. The summed E-state index contributed by atoms with van der Waals surface area (Å²) in [6.07, 6.45) is 11.9. The summed E-state index contributed by atoms with van der Waals surface area (Å²) in [6.45, 7) is 0.933. The predicted molar refractivity (Wildman–Crippen MR) is 84.0 cm³/mol. The van der Waals surface area contributed by atoms with Gasteiger partial charge < -0.3 is 4.90 Å². The van der Waals surface area contributed by atoms with Crippen LogP contribution in [0, 0.1) is 0 Å². The molecule has 0 unspecified atom stereocenters. The fourth-order valence-electron chi connectivity index (χ4n) is 1.60. The van der Waals surface area contributed by atoms with Crippen LogP contribution in [0.2, 0.25) is 0 Å². The maximum absolute atomic E-state index is 4.06. The summed E-state index contributed by atoms with van der Waals surface area (Å²) in [4.78, 5) is 6.21. The van der Waals surface area contributed by atoms with Crippen molar-refractivity contribution in [1.82, 2.24) is 4.98 Å². The van der Waals surface area contributed by atoms with E-state index in [1.165, 1.54) is 0 Å². The SMILES string of the molecule is Brc1ccccc1.C1=CCN(c2cccnc2)C=C1.